The maximum absolute atomic E-state index is 11.8. The molecule has 158 valence electrons. The van der Waals surface area contributed by atoms with Crippen molar-refractivity contribution in [2.45, 2.75) is 25.8 Å². The quantitative estimate of drug-likeness (QED) is 0.441. The van der Waals surface area contributed by atoms with E-state index in [1.54, 1.807) is 0 Å². The van der Waals surface area contributed by atoms with Crippen LogP contribution in [0.1, 0.15) is 23.1 Å². The van der Waals surface area contributed by atoms with Gasteiger partial charge in [-0.2, -0.15) is 0 Å². The van der Waals surface area contributed by atoms with Crippen LogP contribution in [0.4, 0.5) is 0 Å². The zero-order chi connectivity index (χ0) is 21.6. The largest absolute Gasteiger partial charge is 0.493 e. The van der Waals surface area contributed by atoms with Gasteiger partial charge in [-0.3, -0.25) is 4.79 Å². The monoisotopic (exact) mass is 415 g/mol. The van der Waals surface area contributed by atoms with E-state index in [2.05, 4.69) is 4.98 Å². The molecule has 0 fully saturated rings. The van der Waals surface area contributed by atoms with Crippen LogP contribution in [0.3, 0.4) is 0 Å². The number of oxazole rings is 1. The molecular weight excluding hydrogens is 390 g/mol. The summed E-state index contributed by atoms with van der Waals surface area (Å²) >= 11 is 0. The molecule has 0 aliphatic carbocycles. The second-order valence-electron chi connectivity index (χ2n) is 7.38. The molecule has 0 saturated carbocycles. The van der Waals surface area contributed by atoms with E-state index in [1.807, 2.05) is 90.6 Å². The Balaban J connectivity index is 1.33. The Morgan fingerprint density at radius 2 is 1.77 bits per heavy atom. The van der Waals surface area contributed by atoms with Gasteiger partial charge in [0.15, 0.2) is 0 Å². The van der Waals surface area contributed by atoms with Crippen LogP contribution < -0.4 is 10.5 Å². The lowest BCUT2D eigenvalue weighted by molar-refractivity contribution is -0.121. The minimum absolute atomic E-state index is 0.352. The van der Waals surface area contributed by atoms with Gasteiger partial charge >= 0.3 is 0 Å². The van der Waals surface area contributed by atoms with Crippen molar-refractivity contribution in [2.24, 2.45) is 5.73 Å². The number of aromatic nitrogens is 2. The third kappa shape index (κ3) is 5.04. The molecule has 4 rings (SSSR count). The summed E-state index contributed by atoms with van der Waals surface area (Å²) < 4.78 is 13.5. The predicted octanol–water partition coefficient (Wildman–Crippen LogP) is 4.34. The number of nitrogens with zero attached hydrogens (tertiary/aromatic N) is 2. The molecule has 6 heteroatoms. The highest BCUT2D eigenvalue weighted by Crippen LogP contribution is 2.22. The summed E-state index contributed by atoms with van der Waals surface area (Å²) in [7, 11) is 0. The zero-order valence-electron chi connectivity index (χ0n) is 17.4. The van der Waals surface area contributed by atoms with Gasteiger partial charge in [-0.25, -0.2) is 4.98 Å². The molecule has 4 aromatic rings. The lowest BCUT2D eigenvalue weighted by Crippen LogP contribution is -2.27. The van der Waals surface area contributed by atoms with Crippen LogP contribution in [0.2, 0.25) is 0 Å². The second kappa shape index (κ2) is 9.34. The van der Waals surface area contributed by atoms with Gasteiger partial charge in [0.05, 0.1) is 12.3 Å². The van der Waals surface area contributed by atoms with Crippen molar-refractivity contribution < 1.29 is 13.9 Å². The maximum Gasteiger partial charge on any atom is 0.240 e. The predicted molar refractivity (Wildman–Crippen MR) is 119 cm³/mol. The Morgan fingerprint density at radius 3 is 2.45 bits per heavy atom. The Morgan fingerprint density at radius 1 is 1.06 bits per heavy atom. The number of hydrogen-bond acceptors (Lipinski definition) is 4. The van der Waals surface area contributed by atoms with E-state index < -0.39 is 6.04 Å². The van der Waals surface area contributed by atoms with Crippen LogP contribution >= 0.6 is 0 Å². The van der Waals surface area contributed by atoms with Crippen LogP contribution in [0, 0.1) is 6.92 Å². The third-order valence-electron chi connectivity index (χ3n) is 5.19. The fraction of sp³-hybridized carbons (Fsp3) is 0.200. The van der Waals surface area contributed by atoms with E-state index >= 15 is 0 Å². The van der Waals surface area contributed by atoms with Crippen molar-refractivity contribution in [1.82, 2.24) is 9.55 Å². The van der Waals surface area contributed by atoms with Gasteiger partial charge in [-0.1, -0.05) is 30.3 Å². The molecule has 0 saturated heterocycles. The first-order valence-electron chi connectivity index (χ1n) is 10.3. The molecule has 1 amide bonds. The fourth-order valence-corrected chi connectivity index (χ4v) is 3.48. The van der Waals surface area contributed by atoms with E-state index in [9.17, 15) is 4.79 Å². The molecule has 2 aromatic carbocycles. The molecule has 0 bridgehead atoms. The Hall–Kier alpha value is -3.80. The summed E-state index contributed by atoms with van der Waals surface area (Å²) in [5.74, 6) is 1.85. The van der Waals surface area contributed by atoms with E-state index in [-0.39, 0.29) is 5.91 Å². The zero-order valence-corrected chi connectivity index (χ0v) is 17.4. The van der Waals surface area contributed by atoms with Crippen molar-refractivity contribution in [3.8, 4) is 17.2 Å². The topological polar surface area (TPSA) is 83.3 Å². The maximum atomic E-state index is 11.8. The first-order valence-corrected chi connectivity index (χ1v) is 10.3. The summed E-state index contributed by atoms with van der Waals surface area (Å²) in [6.07, 6.45) is 4.88. The minimum Gasteiger partial charge on any atom is -0.493 e. The summed E-state index contributed by atoms with van der Waals surface area (Å²) in [4.78, 5) is 16.4. The molecule has 0 unspecified atom stereocenters. The fourth-order valence-electron chi connectivity index (χ4n) is 3.48. The number of carbonyl (C=O) groups excluding carboxylic acids is 1. The number of carbonyl (C=O) groups is 1. The van der Waals surface area contributed by atoms with Gasteiger partial charge in [-0.05, 0) is 48.9 Å². The highest BCUT2D eigenvalue weighted by Gasteiger charge is 2.17. The van der Waals surface area contributed by atoms with E-state index in [0.29, 0.717) is 25.3 Å². The lowest BCUT2D eigenvalue weighted by atomic mass is 10.1. The van der Waals surface area contributed by atoms with Crippen molar-refractivity contribution in [3.63, 3.8) is 0 Å². The number of aryl methyl sites for hydroxylation is 1. The van der Waals surface area contributed by atoms with E-state index in [1.165, 1.54) is 0 Å². The van der Waals surface area contributed by atoms with Gasteiger partial charge in [0.1, 0.15) is 17.6 Å². The molecule has 2 N–H and O–H groups in total. The van der Waals surface area contributed by atoms with Crippen LogP contribution in [-0.4, -0.2) is 22.1 Å². The molecule has 2 aromatic heterocycles. The molecule has 31 heavy (non-hydrogen) atoms. The number of rotatable bonds is 9. The number of nitrogens with two attached hydrogens (primary N) is 1. The summed E-state index contributed by atoms with van der Waals surface area (Å²) in [5, 5.41) is 0. The molecule has 0 aliphatic heterocycles. The van der Waals surface area contributed by atoms with E-state index in [0.717, 1.165) is 28.3 Å². The van der Waals surface area contributed by atoms with Crippen molar-refractivity contribution in [2.75, 3.05) is 6.61 Å². The molecule has 0 radical (unpaired) electrons. The third-order valence-corrected chi connectivity index (χ3v) is 5.19. The number of benzene rings is 2. The van der Waals surface area contributed by atoms with Crippen LogP contribution in [0.25, 0.3) is 11.5 Å². The average Bonchev–Trinajstić information content (AvgIpc) is 3.44. The SMILES string of the molecule is Cc1oc(-c2ccccc2)nc1CCOc1ccc(C[C@@H](C(N)=O)n2cccc2)cc1. The number of primary amides is 1. The Bertz CT molecular complexity index is 1120. The summed E-state index contributed by atoms with van der Waals surface area (Å²) in [5.41, 5.74) is 8.45. The van der Waals surface area contributed by atoms with Gasteiger partial charge in [-0.15, -0.1) is 0 Å². The molecule has 0 aliphatic rings. The van der Waals surface area contributed by atoms with Gasteiger partial charge in [0.25, 0.3) is 0 Å². The van der Waals surface area contributed by atoms with Gasteiger partial charge < -0.3 is 19.5 Å². The Kier molecular flexibility index (Phi) is 6.17. The van der Waals surface area contributed by atoms with Crippen LogP contribution in [-0.2, 0) is 17.6 Å². The van der Waals surface area contributed by atoms with Gasteiger partial charge in [0, 0.05) is 30.8 Å². The minimum atomic E-state index is -0.407. The highest BCUT2D eigenvalue weighted by molar-refractivity contribution is 5.78. The first kappa shape index (κ1) is 20.5. The lowest BCUT2D eigenvalue weighted by Gasteiger charge is -2.15. The molecule has 1 atom stereocenters. The van der Waals surface area contributed by atoms with Crippen LogP contribution in [0.5, 0.6) is 5.75 Å². The van der Waals surface area contributed by atoms with Crippen molar-refractivity contribution in [3.05, 3.63) is 96.1 Å². The average molecular weight is 415 g/mol. The summed E-state index contributed by atoms with van der Waals surface area (Å²) in [6.45, 7) is 2.41. The Labute approximate surface area is 181 Å². The molecule has 6 nitrogen and oxygen atoms in total. The van der Waals surface area contributed by atoms with Crippen molar-refractivity contribution in [1.29, 1.82) is 0 Å². The first-order chi connectivity index (χ1) is 15.1. The van der Waals surface area contributed by atoms with E-state index in [4.69, 9.17) is 14.9 Å². The summed E-state index contributed by atoms with van der Waals surface area (Å²) in [6, 6.07) is 21.0. The van der Waals surface area contributed by atoms with Gasteiger partial charge in [0.2, 0.25) is 11.8 Å². The number of ether oxygens (including phenoxy) is 1. The van der Waals surface area contributed by atoms with Crippen molar-refractivity contribution >= 4 is 5.91 Å². The highest BCUT2D eigenvalue weighted by atomic mass is 16.5. The molecule has 0 spiro atoms. The standard InChI is InChI=1S/C25H25N3O3/c1-18-22(27-25(31-18)20-7-3-2-4-8-20)13-16-30-21-11-9-19(10-12-21)17-23(24(26)29)28-14-5-6-15-28/h2-12,14-15,23H,13,16-17H2,1H3,(H2,26,29)/t23-/m0/s1. The second-order valence-corrected chi connectivity index (χ2v) is 7.38. The number of hydrogen-bond donors (Lipinski definition) is 1. The van der Waals surface area contributed by atoms with Crippen LogP contribution in [0.15, 0.2) is 83.5 Å². The molecule has 2 heterocycles. The molecular formula is C25H25N3O3. The number of amides is 1. The normalized spacial score (nSPS) is 11.9. The smallest absolute Gasteiger partial charge is 0.240 e.